The van der Waals surface area contributed by atoms with E-state index in [4.69, 9.17) is 0 Å². The fourth-order valence-electron chi connectivity index (χ4n) is 1.32. The van der Waals surface area contributed by atoms with Gasteiger partial charge in [0, 0.05) is 6.54 Å². The molecule has 0 bridgehead atoms. The zero-order chi connectivity index (χ0) is 11.4. The van der Waals surface area contributed by atoms with Gasteiger partial charge in [0.25, 0.3) is 5.91 Å². The number of nitrogens with zero attached hydrogens (tertiary/aromatic N) is 1. The Hall–Kier alpha value is -0.900. The van der Waals surface area contributed by atoms with Gasteiger partial charge in [-0.05, 0) is 19.3 Å². The maximum absolute atomic E-state index is 11.8. The molecule has 3 nitrogen and oxygen atoms in total. The molecular formula is C11H18N2OS. The third kappa shape index (κ3) is 2.78. The van der Waals surface area contributed by atoms with Gasteiger partial charge in [-0.15, -0.1) is 11.3 Å². The Morgan fingerprint density at radius 1 is 1.47 bits per heavy atom. The zero-order valence-electron chi connectivity index (χ0n) is 9.76. The van der Waals surface area contributed by atoms with Crippen LogP contribution >= 0.6 is 11.3 Å². The monoisotopic (exact) mass is 226 g/mol. The van der Waals surface area contributed by atoms with Crippen LogP contribution in [0.3, 0.4) is 0 Å². The number of carbonyl (C=O) groups is 1. The van der Waals surface area contributed by atoms with E-state index in [9.17, 15) is 4.79 Å². The lowest BCUT2D eigenvalue weighted by atomic mass is 10.1. The van der Waals surface area contributed by atoms with Gasteiger partial charge in [-0.1, -0.05) is 20.8 Å². The van der Waals surface area contributed by atoms with Gasteiger partial charge in [0.15, 0.2) is 0 Å². The summed E-state index contributed by atoms with van der Waals surface area (Å²) in [6.07, 6.45) is 0.893. The number of aryl methyl sites for hydroxylation is 1. The number of nitrogens with one attached hydrogen (secondary N) is 1. The second-order valence-corrected chi connectivity index (χ2v) is 4.77. The molecule has 0 saturated carbocycles. The van der Waals surface area contributed by atoms with Crippen molar-refractivity contribution in [1.82, 2.24) is 10.3 Å². The maximum Gasteiger partial charge on any atom is 0.263 e. The molecular weight excluding hydrogens is 208 g/mol. The molecule has 0 radical (unpaired) electrons. The molecule has 1 aromatic heterocycles. The summed E-state index contributed by atoms with van der Waals surface area (Å²) in [7, 11) is 0. The van der Waals surface area contributed by atoms with Crippen molar-refractivity contribution in [3.05, 3.63) is 15.6 Å². The molecule has 0 spiro atoms. The van der Waals surface area contributed by atoms with Crippen LogP contribution in [0.25, 0.3) is 0 Å². The van der Waals surface area contributed by atoms with Gasteiger partial charge < -0.3 is 5.32 Å². The number of rotatable bonds is 4. The van der Waals surface area contributed by atoms with Crippen molar-refractivity contribution < 1.29 is 4.79 Å². The second kappa shape index (κ2) is 5.26. The van der Waals surface area contributed by atoms with Crippen LogP contribution in [0.15, 0.2) is 0 Å². The Morgan fingerprint density at radius 3 is 2.60 bits per heavy atom. The van der Waals surface area contributed by atoms with E-state index in [0.717, 1.165) is 22.0 Å². The van der Waals surface area contributed by atoms with Crippen LogP contribution in [0.2, 0.25) is 0 Å². The Morgan fingerprint density at radius 2 is 2.13 bits per heavy atom. The highest BCUT2D eigenvalue weighted by molar-refractivity contribution is 7.13. The number of hydrogen-bond donors (Lipinski definition) is 1. The molecule has 0 aliphatic heterocycles. The Balaban J connectivity index is 3.03. The predicted molar refractivity (Wildman–Crippen MR) is 63.6 cm³/mol. The summed E-state index contributed by atoms with van der Waals surface area (Å²) in [5.41, 5.74) is 0.933. The van der Waals surface area contributed by atoms with Crippen molar-refractivity contribution in [3.63, 3.8) is 0 Å². The van der Waals surface area contributed by atoms with Gasteiger partial charge in [0.2, 0.25) is 0 Å². The zero-order valence-corrected chi connectivity index (χ0v) is 10.6. The quantitative estimate of drug-likeness (QED) is 0.857. The average molecular weight is 226 g/mol. The van der Waals surface area contributed by atoms with Crippen LogP contribution in [-0.2, 0) is 6.42 Å². The summed E-state index contributed by atoms with van der Waals surface area (Å²) in [5, 5.41) is 3.87. The molecule has 15 heavy (non-hydrogen) atoms. The van der Waals surface area contributed by atoms with E-state index in [-0.39, 0.29) is 5.91 Å². The number of hydrogen-bond acceptors (Lipinski definition) is 3. The highest BCUT2D eigenvalue weighted by atomic mass is 32.1. The molecule has 1 rings (SSSR count). The van der Waals surface area contributed by atoms with Gasteiger partial charge in [0.05, 0.1) is 10.7 Å². The fourth-order valence-corrected chi connectivity index (χ4v) is 2.40. The van der Waals surface area contributed by atoms with Crippen LogP contribution in [0.5, 0.6) is 0 Å². The third-order valence-electron chi connectivity index (χ3n) is 2.09. The largest absolute Gasteiger partial charge is 0.352 e. The van der Waals surface area contributed by atoms with Crippen LogP contribution in [0.1, 0.15) is 54.0 Å². The van der Waals surface area contributed by atoms with Gasteiger partial charge in [-0.2, -0.15) is 0 Å². The van der Waals surface area contributed by atoms with E-state index >= 15 is 0 Å². The van der Waals surface area contributed by atoms with E-state index in [1.165, 1.54) is 11.3 Å². The molecule has 1 amide bonds. The minimum absolute atomic E-state index is 0.0124. The summed E-state index contributed by atoms with van der Waals surface area (Å²) in [6.45, 7) is 8.78. The molecule has 0 saturated heterocycles. The van der Waals surface area contributed by atoms with Gasteiger partial charge >= 0.3 is 0 Å². The second-order valence-electron chi connectivity index (χ2n) is 3.69. The lowest BCUT2D eigenvalue weighted by Gasteiger charge is -2.04. The summed E-state index contributed by atoms with van der Waals surface area (Å²) in [4.78, 5) is 17.0. The van der Waals surface area contributed by atoms with Gasteiger partial charge in [-0.25, -0.2) is 4.98 Å². The minimum atomic E-state index is 0.0124. The summed E-state index contributed by atoms with van der Waals surface area (Å²) >= 11 is 1.51. The number of carbonyl (C=O) groups excluding carboxylic acids is 1. The van der Waals surface area contributed by atoms with Gasteiger partial charge in [-0.3, -0.25) is 4.79 Å². The molecule has 4 heteroatoms. The molecule has 1 N–H and O–H groups in total. The minimum Gasteiger partial charge on any atom is -0.352 e. The maximum atomic E-state index is 11.8. The smallest absolute Gasteiger partial charge is 0.263 e. The van der Waals surface area contributed by atoms with E-state index in [1.807, 2.05) is 6.92 Å². The standard InChI is InChI=1S/C11H18N2OS/c1-5-8-13-9(7(3)4)10(15-8)11(14)12-6-2/h7H,5-6H2,1-4H3,(H,12,14). The fraction of sp³-hybridized carbons (Fsp3) is 0.636. The first-order valence-electron chi connectivity index (χ1n) is 5.37. The molecule has 0 unspecified atom stereocenters. The average Bonchev–Trinajstić information content (AvgIpc) is 2.61. The number of aromatic nitrogens is 1. The van der Waals surface area contributed by atoms with E-state index < -0.39 is 0 Å². The third-order valence-corrected chi connectivity index (χ3v) is 3.30. The topological polar surface area (TPSA) is 42.0 Å². The lowest BCUT2D eigenvalue weighted by molar-refractivity contribution is 0.0958. The normalized spacial score (nSPS) is 10.7. The van der Waals surface area contributed by atoms with E-state index in [2.05, 4.69) is 31.1 Å². The van der Waals surface area contributed by atoms with Crippen LogP contribution in [-0.4, -0.2) is 17.4 Å². The Kier molecular flexibility index (Phi) is 4.27. The summed E-state index contributed by atoms with van der Waals surface area (Å²) in [6, 6.07) is 0. The summed E-state index contributed by atoms with van der Waals surface area (Å²) < 4.78 is 0. The SMILES string of the molecule is CCNC(=O)c1sc(CC)nc1C(C)C. The number of thiazole rings is 1. The molecule has 0 aliphatic carbocycles. The first-order valence-corrected chi connectivity index (χ1v) is 6.19. The molecule has 0 atom stereocenters. The van der Waals surface area contributed by atoms with Crippen LogP contribution < -0.4 is 5.32 Å². The predicted octanol–water partition coefficient (Wildman–Crippen LogP) is 2.58. The van der Waals surface area contributed by atoms with Crippen molar-refractivity contribution in [2.24, 2.45) is 0 Å². The van der Waals surface area contributed by atoms with Crippen LogP contribution in [0.4, 0.5) is 0 Å². The first-order chi connectivity index (χ1) is 7.10. The van der Waals surface area contributed by atoms with Crippen LogP contribution in [0, 0.1) is 0 Å². The Bertz CT molecular complexity index is 344. The highest BCUT2D eigenvalue weighted by Crippen LogP contribution is 2.25. The molecule has 0 aromatic carbocycles. The lowest BCUT2D eigenvalue weighted by Crippen LogP contribution is -2.23. The molecule has 0 fully saturated rings. The van der Waals surface area contributed by atoms with Gasteiger partial charge in [0.1, 0.15) is 4.88 Å². The van der Waals surface area contributed by atoms with E-state index in [1.54, 1.807) is 0 Å². The van der Waals surface area contributed by atoms with Crippen molar-refractivity contribution in [1.29, 1.82) is 0 Å². The molecule has 0 aliphatic rings. The molecule has 1 heterocycles. The molecule has 84 valence electrons. The van der Waals surface area contributed by atoms with Crippen molar-refractivity contribution in [2.45, 2.75) is 40.0 Å². The first kappa shape index (κ1) is 12.2. The summed E-state index contributed by atoms with van der Waals surface area (Å²) in [5.74, 6) is 0.317. The Labute approximate surface area is 94.9 Å². The van der Waals surface area contributed by atoms with Crippen molar-refractivity contribution in [3.8, 4) is 0 Å². The van der Waals surface area contributed by atoms with E-state index in [0.29, 0.717) is 12.5 Å². The molecule has 1 aromatic rings. The van der Waals surface area contributed by atoms with Crippen molar-refractivity contribution >= 4 is 17.2 Å². The highest BCUT2D eigenvalue weighted by Gasteiger charge is 2.18. The number of amides is 1. The van der Waals surface area contributed by atoms with Crippen molar-refractivity contribution in [2.75, 3.05) is 6.54 Å².